The summed E-state index contributed by atoms with van der Waals surface area (Å²) in [5.74, 6) is 1.14. The van der Waals surface area contributed by atoms with E-state index >= 15 is 0 Å². The second kappa shape index (κ2) is 13.4. The Kier molecular flexibility index (Phi) is 14.6. The quantitative estimate of drug-likeness (QED) is 0.343. The molecule has 1 aromatic rings. The molecule has 1 rings (SSSR count). The number of pyridine rings is 1. The number of nitrogens with zero attached hydrogens (tertiary/aromatic N) is 3. The molecule has 21 heavy (non-hydrogen) atoms. The molecule has 1 atom stereocenters. The van der Waals surface area contributed by atoms with E-state index in [1.807, 2.05) is 25.3 Å². The van der Waals surface area contributed by atoms with Crippen LogP contribution in [-0.4, -0.2) is 39.1 Å². The molecule has 0 N–H and O–H groups in total. The van der Waals surface area contributed by atoms with Crippen LogP contribution in [0.1, 0.15) is 6.92 Å². The van der Waals surface area contributed by atoms with E-state index in [9.17, 15) is 0 Å². The van der Waals surface area contributed by atoms with E-state index in [2.05, 4.69) is 11.1 Å². The second-order valence-corrected chi connectivity index (χ2v) is 5.57. The Morgan fingerprint density at radius 1 is 1.62 bits per heavy atom. The molecule has 0 aliphatic heterocycles. The van der Waals surface area contributed by atoms with Crippen LogP contribution in [0.5, 0.6) is 0 Å². The van der Waals surface area contributed by atoms with Crippen molar-refractivity contribution in [3.8, 4) is 0 Å². The molecule has 0 aliphatic carbocycles. The monoisotopic (exact) mass is 333 g/mol. The summed E-state index contributed by atoms with van der Waals surface area (Å²) in [6.45, 7) is 7.53. The Morgan fingerprint density at radius 2 is 2.24 bits per heavy atom. The Bertz CT molecular complexity index is 416. The number of rotatable bonds is 5. The summed E-state index contributed by atoms with van der Waals surface area (Å²) in [5.41, 5.74) is 0.0876. The zero-order valence-corrected chi connectivity index (χ0v) is 15.1. The number of hydrogen-bond acceptors (Lipinski definition) is 3. The first-order valence-corrected chi connectivity index (χ1v) is 7.96. The molecule has 7 heteroatoms. The van der Waals surface area contributed by atoms with Gasteiger partial charge >= 0.3 is 18.9 Å². The van der Waals surface area contributed by atoms with Crippen molar-refractivity contribution in [3.63, 3.8) is 0 Å². The van der Waals surface area contributed by atoms with Crippen molar-refractivity contribution in [2.45, 2.75) is 6.92 Å². The van der Waals surface area contributed by atoms with E-state index in [0.717, 1.165) is 5.75 Å². The van der Waals surface area contributed by atoms with Crippen LogP contribution in [-0.2, 0) is 0 Å². The molecule has 0 saturated heterocycles. The van der Waals surface area contributed by atoms with Crippen molar-refractivity contribution in [3.05, 3.63) is 48.3 Å². The summed E-state index contributed by atoms with van der Waals surface area (Å²) in [6.07, 6.45) is 5.35. The van der Waals surface area contributed by atoms with E-state index in [1.54, 1.807) is 31.2 Å². The smallest absolute Gasteiger partial charge is 0.893 e. The van der Waals surface area contributed by atoms with Crippen molar-refractivity contribution < 1.29 is 18.9 Å². The van der Waals surface area contributed by atoms with Gasteiger partial charge in [-0.1, -0.05) is 31.5 Å². The maximum Gasteiger partial charge on any atom is 1.00 e. The average molecular weight is 334 g/mol. The Morgan fingerprint density at radius 3 is 2.52 bits per heavy atom. The van der Waals surface area contributed by atoms with Gasteiger partial charge in [0.15, 0.2) is 0 Å². The molecular weight excluding hydrogens is 317 g/mol. The summed E-state index contributed by atoms with van der Waals surface area (Å²) in [5, 5.41) is 8.54. The zero-order valence-electron chi connectivity index (χ0n) is 12.7. The molecule has 0 radical (unpaired) electrons. The van der Waals surface area contributed by atoms with Crippen LogP contribution in [0.2, 0.25) is 0 Å². The molecule has 1 aromatic heterocycles. The van der Waals surface area contributed by atoms with Crippen LogP contribution in [0.15, 0.2) is 30.2 Å². The number of allylic oxidation sites excluding steroid dienone is 1. The van der Waals surface area contributed by atoms with Gasteiger partial charge in [-0.15, -0.1) is 5.70 Å². The Labute approximate surface area is 154 Å². The topological polar surface area (TPSA) is 38.4 Å². The molecule has 0 aromatic carbocycles. The molecule has 1 heterocycles. The van der Waals surface area contributed by atoms with E-state index in [-0.39, 0.29) is 30.5 Å². The van der Waals surface area contributed by atoms with E-state index < -0.39 is 5.17 Å². The van der Waals surface area contributed by atoms with Gasteiger partial charge < -0.3 is 15.3 Å². The van der Waals surface area contributed by atoms with Crippen LogP contribution in [0.4, 0.5) is 0 Å². The van der Waals surface area contributed by atoms with Crippen LogP contribution in [0, 0.1) is 18.6 Å². The first-order chi connectivity index (χ1) is 9.41. The van der Waals surface area contributed by atoms with Crippen molar-refractivity contribution in [1.29, 1.82) is 0 Å². The number of halogens is 1. The molecule has 0 saturated carbocycles. The van der Waals surface area contributed by atoms with Crippen LogP contribution in [0.25, 0.3) is 5.41 Å². The van der Waals surface area contributed by atoms with Crippen molar-refractivity contribution in [2.24, 2.45) is 5.92 Å². The van der Waals surface area contributed by atoms with Gasteiger partial charge in [-0.05, 0) is 6.26 Å². The van der Waals surface area contributed by atoms with Gasteiger partial charge in [0, 0.05) is 18.7 Å². The minimum Gasteiger partial charge on any atom is -0.893 e. The third-order valence-corrected chi connectivity index (χ3v) is 3.96. The predicted octanol–water partition coefficient (Wildman–Crippen LogP) is 0.654. The van der Waals surface area contributed by atoms with Gasteiger partial charge in [0.25, 0.3) is 0 Å². The van der Waals surface area contributed by atoms with E-state index in [0.29, 0.717) is 4.99 Å². The molecular formula is C14H17ClLiN3S2-2. The van der Waals surface area contributed by atoms with E-state index in [4.69, 9.17) is 35.8 Å². The summed E-state index contributed by atoms with van der Waals surface area (Å²) in [7, 11) is 1.69. The fourth-order valence-electron chi connectivity index (χ4n) is 1.19. The number of thiocarbonyl (C=S) groups is 1. The predicted molar refractivity (Wildman–Crippen MR) is 93.0 cm³/mol. The summed E-state index contributed by atoms with van der Waals surface area (Å²) < 4.78 is 0. The van der Waals surface area contributed by atoms with Gasteiger partial charge in [0.05, 0.1) is 4.99 Å². The molecule has 0 spiro atoms. The minimum atomic E-state index is -0.425. The average Bonchev–Trinajstić information content (AvgIpc) is 2.47. The normalized spacial score (nSPS) is 10.3. The molecule has 1 unspecified atom stereocenters. The first-order valence-electron chi connectivity index (χ1n) is 5.78. The molecule has 3 nitrogen and oxygen atoms in total. The van der Waals surface area contributed by atoms with Gasteiger partial charge in [0.2, 0.25) is 0 Å². The van der Waals surface area contributed by atoms with Crippen LogP contribution < -0.4 is 18.9 Å². The maximum atomic E-state index is 8.97. The summed E-state index contributed by atoms with van der Waals surface area (Å²) in [4.78, 5) is 5.93. The number of thioether (sulfide) groups is 1. The first kappa shape index (κ1) is 23.0. The van der Waals surface area contributed by atoms with Crippen LogP contribution >= 0.6 is 35.6 Å². The van der Waals surface area contributed by atoms with E-state index in [1.165, 1.54) is 4.90 Å². The van der Waals surface area contributed by atoms with Gasteiger partial charge in [0.1, 0.15) is 0 Å². The molecule has 0 aliphatic rings. The zero-order chi connectivity index (χ0) is 15.5. The van der Waals surface area contributed by atoms with Crippen molar-refractivity contribution in [1.82, 2.24) is 9.88 Å². The van der Waals surface area contributed by atoms with Crippen molar-refractivity contribution in [2.75, 3.05) is 19.1 Å². The fraction of sp³-hybridized carbons (Fsp3) is 0.357. The summed E-state index contributed by atoms with van der Waals surface area (Å²) in [6, 6.07) is 6.43. The van der Waals surface area contributed by atoms with Crippen molar-refractivity contribution >= 4 is 45.7 Å². The molecule has 0 bridgehead atoms. The molecule has 0 fully saturated rings. The fourth-order valence-corrected chi connectivity index (χ4v) is 2.26. The van der Waals surface area contributed by atoms with Crippen LogP contribution in [0.3, 0.4) is 0 Å². The SMILES string of the molecule is [CH-]=C(C(=[N-])Cl)N(C)C(=S)C(C)CSC.[Li+].[c-]1cccnc1. The maximum absolute atomic E-state index is 8.97. The second-order valence-electron chi connectivity index (χ2n) is 3.88. The third kappa shape index (κ3) is 10.1. The Balaban J connectivity index is 0. The number of aromatic nitrogens is 1. The summed E-state index contributed by atoms with van der Waals surface area (Å²) >= 11 is 12.3. The van der Waals surface area contributed by atoms with Gasteiger partial charge in [-0.3, -0.25) is 6.58 Å². The molecule has 0 amide bonds. The third-order valence-electron chi connectivity index (χ3n) is 2.26. The minimum absolute atomic E-state index is 0. The largest absolute Gasteiger partial charge is 1.00 e. The van der Waals surface area contributed by atoms with Gasteiger partial charge in [-0.25, -0.2) is 28.9 Å². The number of hydrogen-bond donors (Lipinski definition) is 0. The van der Waals surface area contributed by atoms with Gasteiger partial charge in [-0.2, -0.15) is 17.8 Å². The molecule has 110 valence electrons. The standard InChI is InChI=1S/C9H13ClN2S2.C5H4N.Li/c1-6(5-14-4)9(13)12(3)7(2)8(10)11;1-2-4-6-5-3-1;/h2,6H,5H2,1,3-4H3;1-2,4-5H;/q-2;-1;+1. The Hall–Kier alpha value is -0.313.